The number of rotatable bonds is 8. The Bertz CT molecular complexity index is 529. The third-order valence-corrected chi connectivity index (χ3v) is 3.51. The van der Waals surface area contributed by atoms with E-state index in [-0.39, 0.29) is 5.69 Å². The molecule has 2 rings (SSSR count). The summed E-state index contributed by atoms with van der Waals surface area (Å²) in [6.45, 7) is 7.66. The predicted octanol–water partition coefficient (Wildman–Crippen LogP) is 3.01. The molecule has 0 unspecified atom stereocenters. The number of morpholine rings is 1. The highest BCUT2D eigenvalue weighted by atomic mass is 16.6. The molecule has 0 bridgehead atoms. The van der Waals surface area contributed by atoms with E-state index in [9.17, 15) is 10.1 Å². The number of nitro groups is 1. The van der Waals surface area contributed by atoms with E-state index in [2.05, 4.69) is 4.90 Å². The summed E-state index contributed by atoms with van der Waals surface area (Å²) in [6.07, 6.45) is 1.63. The smallest absolute Gasteiger partial charge is 0.314 e. The van der Waals surface area contributed by atoms with Crippen LogP contribution in [0.4, 0.5) is 11.4 Å². The van der Waals surface area contributed by atoms with Crippen molar-refractivity contribution in [2.24, 2.45) is 0 Å². The van der Waals surface area contributed by atoms with Gasteiger partial charge >= 0.3 is 5.69 Å². The SMILES string of the molecule is CCCOc1cc([N+](=O)[O-])c(OCCC)cc1N1CCOCC1. The van der Waals surface area contributed by atoms with Crippen molar-refractivity contribution in [3.8, 4) is 11.5 Å². The summed E-state index contributed by atoms with van der Waals surface area (Å²) in [4.78, 5) is 13.0. The Morgan fingerprint density at radius 2 is 1.74 bits per heavy atom. The highest BCUT2D eigenvalue weighted by Crippen LogP contribution is 2.40. The molecule has 0 atom stereocenters. The van der Waals surface area contributed by atoms with E-state index >= 15 is 0 Å². The Morgan fingerprint density at radius 3 is 2.30 bits per heavy atom. The summed E-state index contributed by atoms with van der Waals surface area (Å²) < 4.78 is 16.7. The Kier molecular flexibility index (Phi) is 6.46. The van der Waals surface area contributed by atoms with Crippen LogP contribution >= 0.6 is 0 Å². The highest BCUT2D eigenvalue weighted by molar-refractivity contribution is 5.68. The number of benzene rings is 1. The normalized spacial score (nSPS) is 14.6. The molecule has 0 spiro atoms. The second-order valence-corrected chi connectivity index (χ2v) is 5.34. The van der Waals surface area contributed by atoms with Gasteiger partial charge in [-0.15, -0.1) is 0 Å². The van der Waals surface area contributed by atoms with Crippen molar-refractivity contribution in [2.45, 2.75) is 26.7 Å². The standard InChI is InChI=1S/C16H24N2O5/c1-3-7-22-15-12-14(18(19)20)16(23-8-4-2)11-13(15)17-5-9-21-10-6-17/h11-12H,3-10H2,1-2H3. The quantitative estimate of drug-likeness (QED) is 0.540. The Balaban J connectivity index is 2.39. The van der Waals surface area contributed by atoms with E-state index in [1.54, 1.807) is 6.07 Å². The lowest BCUT2D eigenvalue weighted by molar-refractivity contribution is -0.385. The molecule has 7 heteroatoms. The van der Waals surface area contributed by atoms with Crippen LogP contribution in [0.3, 0.4) is 0 Å². The summed E-state index contributed by atoms with van der Waals surface area (Å²) in [5.41, 5.74) is 0.778. The molecule has 0 aromatic heterocycles. The van der Waals surface area contributed by atoms with Crippen LogP contribution in [-0.4, -0.2) is 44.4 Å². The summed E-state index contributed by atoms with van der Waals surface area (Å²) >= 11 is 0. The van der Waals surface area contributed by atoms with Crippen LogP contribution in [0.1, 0.15) is 26.7 Å². The third kappa shape index (κ3) is 4.48. The molecule has 128 valence electrons. The van der Waals surface area contributed by atoms with Gasteiger partial charge < -0.3 is 19.1 Å². The molecule has 0 amide bonds. The van der Waals surface area contributed by atoms with E-state index in [0.717, 1.165) is 31.6 Å². The number of hydrogen-bond donors (Lipinski definition) is 0. The molecule has 1 aliphatic heterocycles. The zero-order valence-corrected chi connectivity index (χ0v) is 13.7. The van der Waals surface area contributed by atoms with Gasteiger partial charge in [0, 0.05) is 19.2 Å². The zero-order valence-electron chi connectivity index (χ0n) is 13.7. The molecule has 0 radical (unpaired) electrons. The fourth-order valence-electron chi connectivity index (χ4n) is 2.39. The maximum absolute atomic E-state index is 11.3. The molecule has 1 aromatic rings. The van der Waals surface area contributed by atoms with Crippen LogP contribution in [0.15, 0.2) is 12.1 Å². The summed E-state index contributed by atoms with van der Waals surface area (Å²) in [7, 11) is 0. The monoisotopic (exact) mass is 324 g/mol. The largest absolute Gasteiger partial charge is 0.491 e. The van der Waals surface area contributed by atoms with Crippen molar-refractivity contribution in [1.82, 2.24) is 0 Å². The summed E-state index contributed by atoms with van der Waals surface area (Å²) in [5, 5.41) is 11.3. The Morgan fingerprint density at radius 1 is 1.13 bits per heavy atom. The van der Waals surface area contributed by atoms with Gasteiger partial charge in [0.15, 0.2) is 5.75 Å². The van der Waals surface area contributed by atoms with E-state index in [1.807, 2.05) is 13.8 Å². The average molecular weight is 324 g/mol. The molecule has 0 aliphatic carbocycles. The Labute approximate surface area is 136 Å². The second-order valence-electron chi connectivity index (χ2n) is 5.34. The van der Waals surface area contributed by atoms with Crippen molar-refractivity contribution in [3.63, 3.8) is 0 Å². The van der Waals surface area contributed by atoms with Crippen molar-refractivity contribution in [3.05, 3.63) is 22.2 Å². The average Bonchev–Trinajstić information content (AvgIpc) is 2.58. The molecule has 7 nitrogen and oxygen atoms in total. The maximum Gasteiger partial charge on any atom is 0.314 e. The molecule has 1 fully saturated rings. The van der Waals surface area contributed by atoms with E-state index in [0.29, 0.717) is 37.9 Å². The van der Waals surface area contributed by atoms with Gasteiger partial charge in [0.05, 0.1) is 43.1 Å². The minimum Gasteiger partial charge on any atom is -0.491 e. The van der Waals surface area contributed by atoms with Gasteiger partial charge in [0.25, 0.3) is 0 Å². The third-order valence-electron chi connectivity index (χ3n) is 3.51. The first-order valence-corrected chi connectivity index (χ1v) is 8.08. The maximum atomic E-state index is 11.3. The predicted molar refractivity (Wildman–Crippen MR) is 87.7 cm³/mol. The molecular formula is C16H24N2O5. The van der Waals surface area contributed by atoms with Crippen LogP contribution in [0, 0.1) is 10.1 Å². The highest BCUT2D eigenvalue weighted by Gasteiger charge is 2.24. The summed E-state index contributed by atoms with van der Waals surface area (Å²) in [5.74, 6) is 0.825. The summed E-state index contributed by atoms with van der Waals surface area (Å²) in [6, 6.07) is 3.20. The first kappa shape index (κ1) is 17.3. The molecule has 0 saturated carbocycles. The molecule has 1 aromatic carbocycles. The van der Waals surface area contributed by atoms with Crippen molar-refractivity contribution in [1.29, 1.82) is 0 Å². The van der Waals surface area contributed by atoms with E-state index in [4.69, 9.17) is 14.2 Å². The van der Waals surface area contributed by atoms with Crippen LogP contribution < -0.4 is 14.4 Å². The van der Waals surface area contributed by atoms with Gasteiger partial charge in [0.2, 0.25) is 0 Å². The molecule has 0 N–H and O–H groups in total. The van der Waals surface area contributed by atoms with Gasteiger partial charge in [-0.2, -0.15) is 0 Å². The van der Waals surface area contributed by atoms with Crippen molar-refractivity contribution >= 4 is 11.4 Å². The molecule has 23 heavy (non-hydrogen) atoms. The van der Waals surface area contributed by atoms with Crippen LogP contribution in [0.5, 0.6) is 11.5 Å². The first-order valence-electron chi connectivity index (χ1n) is 8.08. The zero-order chi connectivity index (χ0) is 16.7. The fraction of sp³-hybridized carbons (Fsp3) is 0.625. The lowest BCUT2D eigenvalue weighted by Gasteiger charge is -2.30. The number of hydrogen-bond acceptors (Lipinski definition) is 6. The number of ether oxygens (including phenoxy) is 3. The van der Waals surface area contributed by atoms with Crippen LogP contribution in [-0.2, 0) is 4.74 Å². The number of anilines is 1. The molecule has 1 aliphatic rings. The lowest BCUT2D eigenvalue weighted by Crippen LogP contribution is -2.36. The first-order chi connectivity index (χ1) is 11.2. The van der Waals surface area contributed by atoms with Gasteiger partial charge in [-0.25, -0.2) is 0 Å². The minimum absolute atomic E-state index is 0.0541. The van der Waals surface area contributed by atoms with Crippen molar-refractivity contribution < 1.29 is 19.1 Å². The van der Waals surface area contributed by atoms with E-state index in [1.165, 1.54) is 6.07 Å². The van der Waals surface area contributed by atoms with Crippen molar-refractivity contribution in [2.75, 3.05) is 44.4 Å². The molecular weight excluding hydrogens is 300 g/mol. The van der Waals surface area contributed by atoms with Gasteiger partial charge in [-0.3, -0.25) is 10.1 Å². The number of nitro benzene ring substituents is 1. The van der Waals surface area contributed by atoms with Gasteiger partial charge in [0.1, 0.15) is 5.75 Å². The minimum atomic E-state index is -0.424. The van der Waals surface area contributed by atoms with Gasteiger partial charge in [-0.1, -0.05) is 13.8 Å². The van der Waals surface area contributed by atoms with E-state index < -0.39 is 4.92 Å². The fourth-order valence-corrected chi connectivity index (χ4v) is 2.39. The second kappa shape index (κ2) is 8.57. The van der Waals surface area contributed by atoms with Gasteiger partial charge in [-0.05, 0) is 12.8 Å². The topological polar surface area (TPSA) is 74.1 Å². The molecule has 1 heterocycles. The Hall–Kier alpha value is -2.02. The van der Waals surface area contributed by atoms with Crippen LogP contribution in [0.25, 0.3) is 0 Å². The molecule has 1 saturated heterocycles. The number of nitrogens with zero attached hydrogens (tertiary/aromatic N) is 2. The lowest BCUT2D eigenvalue weighted by atomic mass is 10.2. The van der Waals surface area contributed by atoms with Crippen LogP contribution in [0.2, 0.25) is 0 Å².